The van der Waals surface area contributed by atoms with Crippen LogP contribution in [0.2, 0.25) is 0 Å². The van der Waals surface area contributed by atoms with Gasteiger partial charge in [0.2, 0.25) is 0 Å². The molecule has 0 aromatic carbocycles. The van der Waals surface area contributed by atoms with Crippen LogP contribution in [0, 0.1) is 0 Å². The molecule has 1 amide bonds. The number of carboxylic acid groups (broad SMARTS) is 1. The zero-order chi connectivity index (χ0) is 8.55. The molecule has 2 atom stereocenters. The van der Waals surface area contributed by atoms with Gasteiger partial charge in [0, 0.05) is 23.0 Å². The Kier molecular flexibility index (Phi) is 1.73. The first kappa shape index (κ1) is 7.54. The van der Waals surface area contributed by atoms with E-state index in [0.717, 1.165) is 6.42 Å². The topological polar surface area (TPSA) is 62.2 Å². The standard InChI is InChI=1S/C7H8N2O2S/c10-7(11)9-5-1-4(5)6-2-8-3-12-6/h2-5,9H,1H2,(H,10,11)/t4-,5-/m1/s1. The second-order valence-corrected chi connectivity index (χ2v) is 3.72. The Morgan fingerprint density at radius 2 is 2.67 bits per heavy atom. The minimum Gasteiger partial charge on any atom is -0.465 e. The Hall–Kier alpha value is -1.10. The molecular formula is C7H8N2O2S. The van der Waals surface area contributed by atoms with E-state index in [1.165, 1.54) is 4.88 Å². The van der Waals surface area contributed by atoms with E-state index < -0.39 is 6.09 Å². The molecule has 1 saturated carbocycles. The fourth-order valence-corrected chi connectivity index (χ4v) is 2.04. The number of thiazole rings is 1. The number of rotatable bonds is 2. The van der Waals surface area contributed by atoms with Gasteiger partial charge < -0.3 is 10.4 Å². The van der Waals surface area contributed by atoms with Gasteiger partial charge in [-0.1, -0.05) is 0 Å². The highest BCUT2D eigenvalue weighted by Gasteiger charge is 2.40. The Labute approximate surface area is 73.3 Å². The van der Waals surface area contributed by atoms with Crippen molar-refractivity contribution in [1.29, 1.82) is 0 Å². The lowest BCUT2D eigenvalue weighted by Gasteiger charge is -1.95. The molecule has 4 nitrogen and oxygen atoms in total. The minimum absolute atomic E-state index is 0.114. The lowest BCUT2D eigenvalue weighted by atomic mass is 10.3. The van der Waals surface area contributed by atoms with E-state index in [0.29, 0.717) is 5.92 Å². The predicted molar refractivity (Wildman–Crippen MR) is 44.4 cm³/mol. The van der Waals surface area contributed by atoms with Gasteiger partial charge in [-0.3, -0.25) is 4.98 Å². The van der Waals surface area contributed by atoms with Crippen molar-refractivity contribution in [3.8, 4) is 0 Å². The lowest BCUT2D eigenvalue weighted by molar-refractivity contribution is 0.193. The van der Waals surface area contributed by atoms with Crippen molar-refractivity contribution in [3.05, 3.63) is 16.6 Å². The first-order valence-corrected chi connectivity index (χ1v) is 4.53. The normalized spacial score (nSPS) is 26.7. The number of hydrogen-bond donors (Lipinski definition) is 2. The molecule has 1 aliphatic rings. The summed E-state index contributed by atoms with van der Waals surface area (Å²) in [5, 5.41) is 10.9. The molecular weight excluding hydrogens is 176 g/mol. The lowest BCUT2D eigenvalue weighted by Crippen LogP contribution is -2.23. The quantitative estimate of drug-likeness (QED) is 0.727. The average molecular weight is 184 g/mol. The van der Waals surface area contributed by atoms with Crippen LogP contribution in [0.5, 0.6) is 0 Å². The molecule has 1 aliphatic carbocycles. The van der Waals surface area contributed by atoms with Crippen molar-refractivity contribution in [2.75, 3.05) is 0 Å². The van der Waals surface area contributed by atoms with E-state index in [4.69, 9.17) is 5.11 Å². The van der Waals surface area contributed by atoms with Gasteiger partial charge in [-0.05, 0) is 6.42 Å². The van der Waals surface area contributed by atoms with Crippen molar-refractivity contribution >= 4 is 17.4 Å². The van der Waals surface area contributed by atoms with Gasteiger partial charge in [0.15, 0.2) is 0 Å². The molecule has 64 valence electrons. The van der Waals surface area contributed by atoms with Crippen LogP contribution in [0.3, 0.4) is 0 Å². The van der Waals surface area contributed by atoms with E-state index in [1.54, 1.807) is 23.0 Å². The first-order valence-electron chi connectivity index (χ1n) is 3.65. The van der Waals surface area contributed by atoms with E-state index in [-0.39, 0.29) is 6.04 Å². The molecule has 12 heavy (non-hydrogen) atoms. The molecule has 0 unspecified atom stereocenters. The predicted octanol–water partition coefficient (Wildman–Crippen LogP) is 1.27. The maximum atomic E-state index is 10.2. The van der Waals surface area contributed by atoms with Gasteiger partial charge in [-0.15, -0.1) is 11.3 Å². The van der Waals surface area contributed by atoms with Crippen LogP contribution in [0.4, 0.5) is 4.79 Å². The van der Waals surface area contributed by atoms with Crippen LogP contribution < -0.4 is 5.32 Å². The summed E-state index contributed by atoms with van der Waals surface area (Å²) in [4.78, 5) is 15.4. The molecule has 1 aromatic rings. The summed E-state index contributed by atoms with van der Waals surface area (Å²) >= 11 is 1.58. The molecule has 0 bridgehead atoms. The molecule has 2 N–H and O–H groups in total. The number of hydrogen-bond acceptors (Lipinski definition) is 3. The summed E-state index contributed by atoms with van der Waals surface area (Å²) in [7, 11) is 0. The zero-order valence-corrected chi connectivity index (χ0v) is 7.04. The molecule has 0 spiro atoms. The van der Waals surface area contributed by atoms with Crippen molar-refractivity contribution in [3.63, 3.8) is 0 Å². The average Bonchev–Trinajstić information content (AvgIpc) is 2.59. The van der Waals surface area contributed by atoms with Crippen LogP contribution in [0.15, 0.2) is 11.7 Å². The SMILES string of the molecule is O=C(O)N[C@@H]1C[C@H]1c1cncs1. The summed E-state index contributed by atoms with van der Waals surface area (Å²) in [6, 6.07) is 0.114. The van der Waals surface area contributed by atoms with Crippen LogP contribution in [-0.4, -0.2) is 22.2 Å². The molecule has 1 heterocycles. The van der Waals surface area contributed by atoms with E-state index >= 15 is 0 Å². The number of nitrogens with zero attached hydrogens (tertiary/aromatic N) is 1. The number of aromatic nitrogens is 1. The van der Waals surface area contributed by atoms with E-state index in [1.807, 2.05) is 0 Å². The molecule has 5 heteroatoms. The number of amides is 1. The van der Waals surface area contributed by atoms with Crippen molar-refractivity contribution in [2.24, 2.45) is 0 Å². The summed E-state index contributed by atoms with van der Waals surface area (Å²) in [6.07, 6.45) is 1.78. The van der Waals surface area contributed by atoms with Crippen molar-refractivity contribution in [1.82, 2.24) is 10.3 Å². The summed E-state index contributed by atoms with van der Waals surface area (Å²) in [6.45, 7) is 0. The fourth-order valence-electron chi connectivity index (χ4n) is 1.24. The Bertz CT molecular complexity index is 286. The smallest absolute Gasteiger partial charge is 0.404 e. The van der Waals surface area contributed by atoms with Crippen molar-refractivity contribution in [2.45, 2.75) is 18.4 Å². The van der Waals surface area contributed by atoms with Crippen LogP contribution in [0.1, 0.15) is 17.2 Å². The summed E-state index contributed by atoms with van der Waals surface area (Å²) in [5.74, 6) is 0.369. The fraction of sp³-hybridized carbons (Fsp3) is 0.429. The van der Waals surface area contributed by atoms with Gasteiger partial charge in [-0.2, -0.15) is 0 Å². The summed E-state index contributed by atoms with van der Waals surface area (Å²) < 4.78 is 0. The zero-order valence-electron chi connectivity index (χ0n) is 6.23. The van der Waals surface area contributed by atoms with Gasteiger partial charge >= 0.3 is 6.09 Å². The molecule has 0 aliphatic heterocycles. The number of nitrogens with one attached hydrogen (secondary N) is 1. The monoisotopic (exact) mass is 184 g/mol. The third-order valence-corrected chi connectivity index (χ3v) is 2.82. The second kappa shape index (κ2) is 2.75. The van der Waals surface area contributed by atoms with Crippen LogP contribution in [0.25, 0.3) is 0 Å². The Morgan fingerprint density at radius 1 is 1.83 bits per heavy atom. The van der Waals surface area contributed by atoms with Crippen molar-refractivity contribution < 1.29 is 9.90 Å². The number of carbonyl (C=O) groups is 1. The largest absolute Gasteiger partial charge is 0.465 e. The molecule has 1 aromatic heterocycles. The Morgan fingerprint density at radius 3 is 3.25 bits per heavy atom. The van der Waals surface area contributed by atoms with Crippen LogP contribution >= 0.6 is 11.3 Å². The molecule has 1 fully saturated rings. The van der Waals surface area contributed by atoms with Gasteiger partial charge in [0.25, 0.3) is 0 Å². The highest BCUT2D eigenvalue weighted by atomic mass is 32.1. The third-order valence-electron chi connectivity index (χ3n) is 1.92. The van der Waals surface area contributed by atoms with E-state index in [9.17, 15) is 4.79 Å². The molecule has 2 rings (SSSR count). The van der Waals surface area contributed by atoms with Gasteiger partial charge in [0.05, 0.1) is 5.51 Å². The molecule has 0 saturated heterocycles. The third kappa shape index (κ3) is 1.40. The van der Waals surface area contributed by atoms with E-state index in [2.05, 4.69) is 10.3 Å². The summed E-state index contributed by atoms with van der Waals surface area (Å²) in [5.41, 5.74) is 1.77. The minimum atomic E-state index is -0.938. The van der Waals surface area contributed by atoms with Gasteiger partial charge in [-0.25, -0.2) is 4.79 Å². The highest BCUT2D eigenvalue weighted by molar-refractivity contribution is 7.09. The highest BCUT2D eigenvalue weighted by Crippen LogP contribution is 2.42. The molecule has 0 radical (unpaired) electrons. The Balaban J connectivity index is 1.92. The maximum absolute atomic E-state index is 10.2. The first-order chi connectivity index (χ1) is 5.77. The van der Waals surface area contributed by atoms with Crippen LogP contribution in [-0.2, 0) is 0 Å². The van der Waals surface area contributed by atoms with Gasteiger partial charge in [0.1, 0.15) is 0 Å². The maximum Gasteiger partial charge on any atom is 0.404 e. The second-order valence-electron chi connectivity index (χ2n) is 2.80.